The fraction of sp³-hybridized carbons (Fsp3) is 0.0833. The third-order valence-electron chi connectivity index (χ3n) is 2.36. The zero-order valence-corrected chi connectivity index (χ0v) is 8.75. The number of hydrogen-bond donors (Lipinski definition) is 2. The van der Waals surface area contributed by atoms with Crippen molar-refractivity contribution in [3.05, 3.63) is 53.1 Å². The van der Waals surface area contributed by atoms with Crippen LogP contribution in [0.4, 0.5) is 10.1 Å². The van der Waals surface area contributed by atoms with Crippen molar-refractivity contribution in [1.29, 1.82) is 0 Å². The van der Waals surface area contributed by atoms with Crippen molar-refractivity contribution in [2.24, 2.45) is 0 Å². The summed E-state index contributed by atoms with van der Waals surface area (Å²) in [6.45, 7) is 1.58. The number of carbonyl (C=O) groups is 1. The monoisotopic (exact) mass is 218 g/mol. The van der Waals surface area contributed by atoms with Gasteiger partial charge in [0.2, 0.25) is 5.78 Å². The smallest absolute Gasteiger partial charge is 0.212 e. The van der Waals surface area contributed by atoms with Gasteiger partial charge in [0.05, 0.1) is 11.3 Å². The van der Waals surface area contributed by atoms with Crippen LogP contribution in [0.5, 0.6) is 0 Å². The van der Waals surface area contributed by atoms with Crippen LogP contribution < -0.4 is 5.73 Å². The van der Waals surface area contributed by atoms with Gasteiger partial charge < -0.3 is 10.7 Å². The molecule has 0 fully saturated rings. The molecular weight excluding hydrogens is 207 g/mol. The first kappa shape index (κ1) is 10.4. The van der Waals surface area contributed by atoms with Gasteiger partial charge in [0.1, 0.15) is 5.82 Å². The number of H-pyrrole nitrogens is 1. The number of aromatic amines is 1. The number of nitrogen functional groups attached to an aromatic ring is 1. The fourth-order valence-electron chi connectivity index (χ4n) is 1.58. The molecule has 0 bridgehead atoms. The maximum absolute atomic E-state index is 13.7. The first-order valence-electron chi connectivity index (χ1n) is 4.83. The Hall–Kier alpha value is -2.10. The molecule has 0 atom stereocenters. The van der Waals surface area contributed by atoms with Gasteiger partial charge in [0.25, 0.3) is 0 Å². The summed E-state index contributed by atoms with van der Waals surface area (Å²) in [4.78, 5) is 14.7. The highest BCUT2D eigenvalue weighted by molar-refractivity contribution is 6.08. The van der Waals surface area contributed by atoms with Crippen molar-refractivity contribution in [2.45, 2.75) is 6.92 Å². The van der Waals surface area contributed by atoms with E-state index in [-0.39, 0.29) is 5.56 Å². The van der Waals surface area contributed by atoms with E-state index in [0.29, 0.717) is 16.9 Å². The largest absolute Gasteiger partial charge is 0.399 e. The minimum atomic E-state index is -0.520. The Kier molecular flexibility index (Phi) is 2.48. The van der Waals surface area contributed by atoms with Gasteiger partial charge in [-0.3, -0.25) is 4.79 Å². The number of anilines is 1. The summed E-state index contributed by atoms with van der Waals surface area (Å²) in [5.74, 6) is -0.910. The molecule has 0 aliphatic heterocycles. The Balaban J connectivity index is 2.52. The fourth-order valence-corrected chi connectivity index (χ4v) is 1.58. The van der Waals surface area contributed by atoms with Gasteiger partial charge in [-0.25, -0.2) is 4.39 Å². The highest BCUT2D eigenvalue weighted by Crippen LogP contribution is 2.19. The molecule has 0 aliphatic carbocycles. The first-order chi connectivity index (χ1) is 7.59. The number of benzene rings is 1. The Morgan fingerprint density at radius 2 is 2.19 bits per heavy atom. The summed E-state index contributed by atoms with van der Waals surface area (Å²) in [6, 6.07) is 6.14. The van der Waals surface area contributed by atoms with Crippen LogP contribution in [0.25, 0.3) is 0 Å². The number of halogens is 1. The Bertz CT molecular complexity index is 532. The Morgan fingerprint density at radius 3 is 2.81 bits per heavy atom. The lowest BCUT2D eigenvalue weighted by molar-refractivity contribution is 0.103. The van der Waals surface area contributed by atoms with E-state index in [4.69, 9.17) is 5.73 Å². The van der Waals surface area contributed by atoms with E-state index >= 15 is 0 Å². The van der Waals surface area contributed by atoms with Gasteiger partial charge in [-0.1, -0.05) is 0 Å². The third kappa shape index (κ3) is 1.69. The second-order valence-electron chi connectivity index (χ2n) is 3.61. The Morgan fingerprint density at radius 1 is 1.44 bits per heavy atom. The summed E-state index contributed by atoms with van der Waals surface area (Å²) in [7, 11) is 0. The number of aryl methyl sites for hydroxylation is 1. The molecule has 16 heavy (non-hydrogen) atoms. The number of hydrogen-bond acceptors (Lipinski definition) is 2. The molecule has 2 rings (SSSR count). The van der Waals surface area contributed by atoms with Crippen LogP contribution in [0.15, 0.2) is 30.5 Å². The maximum atomic E-state index is 13.7. The molecule has 0 spiro atoms. The van der Waals surface area contributed by atoms with Crippen molar-refractivity contribution in [2.75, 3.05) is 5.73 Å². The molecule has 0 unspecified atom stereocenters. The average molecular weight is 218 g/mol. The number of nitrogens with two attached hydrogens (primary N) is 1. The number of ketones is 1. The molecule has 1 aromatic carbocycles. The number of carbonyl (C=O) groups excluding carboxylic acids is 1. The molecule has 0 saturated heterocycles. The van der Waals surface area contributed by atoms with E-state index in [1.807, 2.05) is 0 Å². The van der Waals surface area contributed by atoms with E-state index in [0.717, 1.165) is 0 Å². The van der Waals surface area contributed by atoms with E-state index in [1.54, 1.807) is 25.3 Å². The molecule has 3 N–H and O–H groups in total. The van der Waals surface area contributed by atoms with Gasteiger partial charge in [-0.15, -0.1) is 0 Å². The second kappa shape index (κ2) is 3.81. The van der Waals surface area contributed by atoms with Crippen LogP contribution in [0.2, 0.25) is 0 Å². The van der Waals surface area contributed by atoms with Crippen LogP contribution in [-0.2, 0) is 0 Å². The summed E-state index contributed by atoms with van der Waals surface area (Å²) in [5, 5.41) is 0. The summed E-state index contributed by atoms with van der Waals surface area (Å²) >= 11 is 0. The maximum Gasteiger partial charge on any atom is 0.212 e. The van der Waals surface area contributed by atoms with Crippen LogP contribution in [0.3, 0.4) is 0 Å². The SMILES string of the molecule is Cc1cc(N)cc(C(=O)c2ccc[nH]2)c1F. The molecule has 4 heteroatoms. The van der Waals surface area contributed by atoms with Gasteiger partial charge in [0.15, 0.2) is 0 Å². The van der Waals surface area contributed by atoms with Crippen molar-refractivity contribution in [1.82, 2.24) is 4.98 Å². The number of aromatic nitrogens is 1. The van der Waals surface area contributed by atoms with Crippen molar-refractivity contribution in [3.8, 4) is 0 Å². The van der Waals surface area contributed by atoms with Crippen LogP contribution in [-0.4, -0.2) is 10.8 Å². The molecule has 0 amide bonds. The van der Waals surface area contributed by atoms with Gasteiger partial charge >= 0.3 is 0 Å². The zero-order chi connectivity index (χ0) is 11.7. The average Bonchev–Trinajstić information content (AvgIpc) is 2.75. The van der Waals surface area contributed by atoms with Crippen LogP contribution in [0, 0.1) is 12.7 Å². The summed E-state index contributed by atoms with van der Waals surface area (Å²) in [6.07, 6.45) is 1.62. The summed E-state index contributed by atoms with van der Waals surface area (Å²) in [5.41, 5.74) is 6.69. The topological polar surface area (TPSA) is 58.9 Å². The standard InChI is InChI=1S/C12H11FN2O/c1-7-5-8(14)6-9(11(7)13)12(16)10-3-2-4-15-10/h2-6,15H,14H2,1H3. The summed E-state index contributed by atoms with van der Waals surface area (Å²) < 4.78 is 13.7. The van der Waals surface area contributed by atoms with E-state index < -0.39 is 11.6 Å². The van der Waals surface area contributed by atoms with Crippen LogP contribution in [0.1, 0.15) is 21.6 Å². The highest BCUT2D eigenvalue weighted by Gasteiger charge is 2.16. The van der Waals surface area contributed by atoms with Crippen molar-refractivity contribution < 1.29 is 9.18 Å². The third-order valence-corrected chi connectivity index (χ3v) is 2.36. The Labute approximate surface area is 92.1 Å². The normalized spacial score (nSPS) is 10.4. The first-order valence-corrected chi connectivity index (χ1v) is 4.83. The quantitative estimate of drug-likeness (QED) is 0.600. The molecule has 0 saturated carbocycles. The van der Waals surface area contributed by atoms with Crippen LogP contribution >= 0.6 is 0 Å². The minimum absolute atomic E-state index is 0.0000463. The van der Waals surface area contributed by atoms with E-state index in [1.165, 1.54) is 12.1 Å². The minimum Gasteiger partial charge on any atom is -0.399 e. The van der Waals surface area contributed by atoms with E-state index in [9.17, 15) is 9.18 Å². The highest BCUT2D eigenvalue weighted by atomic mass is 19.1. The van der Waals surface area contributed by atoms with Gasteiger partial charge in [-0.05, 0) is 36.8 Å². The molecule has 0 radical (unpaired) electrons. The molecule has 3 nitrogen and oxygen atoms in total. The lowest BCUT2D eigenvalue weighted by atomic mass is 10.0. The predicted molar refractivity (Wildman–Crippen MR) is 59.8 cm³/mol. The molecule has 2 aromatic rings. The molecule has 1 heterocycles. The van der Waals surface area contributed by atoms with Crippen molar-refractivity contribution >= 4 is 11.5 Å². The number of nitrogens with one attached hydrogen (secondary N) is 1. The van der Waals surface area contributed by atoms with E-state index in [2.05, 4.69) is 4.98 Å². The molecule has 1 aromatic heterocycles. The van der Waals surface area contributed by atoms with Gasteiger partial charge in [0, 0.05) is 11.9 Å². The molecule has 0 aliphatic rings. The van der Waals surface area contributed by atoms with Gasteiger partial charge in [-0.2, -0.15) is 0 Å². The predicted octanol–water partition coefficient (Wildman–Crippen LogP) is 2.28. The molecule has 82 valence electrons. The zero-order valence-electron chi connectivity index (χ0n) is 8.75. The lowest BCUT2D eigenvalue weighted by Gasteiger charge is -2.05. The lowest BCUT2D eigenvalue weighted by Crippen LogP contribution is -2.07. The number of rotatable bonds is 2. The molecular formula is C12H11FN2O. The van der Waals surface area contributed by atoms with Crippen molar-refractivity contribution in [3.63, 3.8) is 0 Å². The second-order valence-corrected chi connectivity index (χ2v) is 3.61.